The summed E-state index contributed by atoms with van der Waals surface area (Å²) in [4.78, 5) is 4.71. The third kappa shape index (κ3) is 7.62. The van der Waals surface area contributed by atoms with Gasteiger partial charge < -0.3 is 15.2 Å². The number of aromatic nitrogens is 3. The van der Waals surface area contributed by atoms with E-state index in [1.165, 1.54) is 25.1 Å². The summed E-state index contributed by atoms with van der Waals surface area (Å²) in [6.45, 7) is 10.2. The predicted octanol–water partition coefficient (Wildman–Crippen LogP) is 3.25. The van der Waals surface area contributed by atoms with Crippen LogP contribution < -0.4 is 10.6 Å². The zero-order valence-corrected chi connectivity index (χ0v) is 19.8. The van der Waals surface area contributed by atoms with Crippen molar-refractivity contribution >= 4 is 41.7 Å². The lowest BCUT2D eigenvalue weighted by molar-refractivity contribution is 0.593. The summed E-state index contributed by atoms with van der Waals surface area (Å²) in [7, 11) is 0. The molecule has 2 rings (SSSR count). The molecule has 26 heavy (non-hydrogen) atoms. The second-order valence-corrected chi connectivity index (χ2v) is 8.70. The van der Waals surface area contributed by atoms with Crippen molar-refractivity contribution in [3.05, 3.63) is 11.6 Å². The van der Waals surface area contributed by atoms with Gasteiger partial charge in [0.2, 0.25) is 0 Å². The Bertz CT molecular complexity index is 558. The van der Waals surface area contributed by atoms with E-state index in [4.69, 9.17) is 4.99 Å². The molecule has 0 spiro atoms. The molecule has 2 heterocycles. The molecule has 0 atom stereocenters. The first-order chi connectivity index (χ1) is 12.1. The smallest absolute Gasteiger partial charge is 0.191 e. The van der Waals surface area contributed by atoms with Crippen molar-refractivity contribution in [2.75, 3.05) is 25.9 Å². The van der Waals surface area contributed by atoms with Crippen LogP contribution in [0.15, 0.2) is 4.99 Å². The van der Waals surface area contributed by atoms with Gasteiger partial charge in [-0.25, -0.2) is 0 Å². The Kier molecular flexibility index (Phi) is 10.9. The van der Waals surface area contributed by atoms with Crippen LogP contribution in [0.1, 0.15) is 58.1 Å². The largest absolute Gasteiger partial charge is 0.357 e. The van der Waals surface area contributed by atoms with Crippen LogP contribution in [0.4, 0.5) is 0 Å². The Morgan fingerprint density at radius 1 is 1.23 bits per heavy atom. The summed E-state index contributed by atoms with van der Waals surface area (Å²) in [6.07, 6.45) is 9.02. The zero-order chi connectivity index (χ0) is 18.1. The van der Waals surface area contributed by atoms with E-state index in [-0.39, 0.29) is 28.7 Å². The molecule has 0 saturated heterocycles. The Morgan fingerprint density at radius 2 is 2.04 bits per heavy atom. The summed E-state index contributed by atoms with van der Waals surface area (Å²) < 4.78 is 2.51. The number of thioether (sulfide) groups is 1. The molecular formula is C18H35IN6S. The third-order valence-corrected chi connectivity index (χ3v) is 5.80. The summed E-state index contributed by atoms with van der Waals surface area (Å²) in [6, 6.07) is 0. The van der Waals surface area contributed by atoms with Crippen molar-refractivity contribution in [2.45, 2.75) is 70.6 Å². The van der Waals surface area contributed by atoms with E-state index in [0.29, 0.717) is 0 Å². The number of halogens is 1. The van der Waals surface area contributed by atoms with Crippen LogP contribution in [0.3, 0.4) is 0 Å². The van der Waals surface area contributed by atoms with Gasteiger partial charge in [-0.1, -0.05) is 6.42 Å². The standard InChI is InChI=1S/C18H34N6S.HI/c1-5-19-17(21-14-18(2,3)25-4)20-12-9-11-16-23-22-15-10-7-6-8-13-24(15)16;/h5-14H2,1-4H3,(H2,19,20,21);1H. The molecule has 1 aliphatic rings. The molecule has 1 aromatic heterocycles. The van der Waals surface area contributed by atoms with Gasteiger partial charge in [0, 0.05) is 37.2 Å². The fraction of sp³-hybridized carbons (Fsp3) is 0.833. The van der Waals surface area contributed by atoms with E-state index >= 15 is 0 Å². The minimum Gasteiger partial charge on any atom is -0.357 e. The van der Waals surface area contributed by atoms with Gasteiger partial charge in [-0.05, 0) is 46.3 Å². The van der Waals surface area contributed by atoms with Gasteiger partial charge in [-0.15, -0.1) is 34.2 Å². The molecule has 6 nitrogen and oxygen atoms in total. The molecule has 0 unspecified atom stereocenters. The number of hydrogen-bond acceptors (Lipinski definition) is 4. The Labute approximate surface area is 179 Å². The van der Waals surface area contributed by atoms with E-state index in [0.717, 1.165) is 57.2 Å². The van der Waals surface area contributed by atoms with Gasteiger partial charge in [0.15, 0.2) is 5.96 Å². The Balaban J connectivity index is 0.00000338. The normalized spacial score (nSPS) is 15.0. The van der Waals surface area contributed by atoms with Crippen LogP contribution in [-0.4, -0.2) is 51.4 Å². The lowest BCUT2D eigenvalue weighted by Crippen LogP contribution is -2.39. The maximum atomic E-state index is 4.71. The van der Waals surface area contributed by atoms with E-state index < -0.39 is 0 Å². The van der Waals surface area contributed by atoms with Gasteiger partial charge in [0.25, 0.3) is 0 Å². The van der Waals surface area contributed by atoms with Crippen molar-refractivity contribution < 1.29 is 0 Å². The molecule has 0 amide bonds. The van der Waals surface area contributed by atoms with Crippen LogP contribution in [0.25, 0.3) is 0 Å². The molecule has 0 saturated carbocycles. The SMILES string of the molecule is CCNC(=NCC(C)(C)SC)NCCCc1nnc2n1CCCCC2.I. The van der Waals surface area contributed by atoms with Crippen molar-refractivity contribution in [2.24, 2.45) is 4.99 Å². The Morgan fingerprint density at radius 3 is 2.77 bits per heavy atom. The minimum absolute atomic E-state index is 0. The van der Waals surface area contributed by atoms with E-state index in [2.05, 4.69) is 52.4 Å². The lowest BCUT2D eigenvalue weighted by atomic mass is 10.2. The summed E-state index contributed by atoms with van der Waals surface area (Å²) in [5.41, 5.74) is 0. The van der Waals surface area contributed by atoms with Crippen LogP contribution >= 0.6 is 35.7 Å². The number of aryl methyl sites for hydroxylation is 2. The maximum absolute atomic E-state index is 4.71. The van der Waals surface area contributed by atoms with Gasteiger partial charge in [0.1, 0.15) is 11.6 Å². The molecule has 0 bridgehead atoms. The van der Waals surface area contributed by atoms with Crippen molar-refractivity contribution in [3.63, 3.8) is 0 Å². The molecule has 1 aliphatic heterocycles. The van der Waals surface area contributed by atoms with Crippen molar-refractivity contribution in [3.8, 4) is 0 Å². The molecule has 0 fully saturated rings. The molecular weight excluding hydrogens is 459 g/mol. The van der Waals surface area contributed by atoms with E-state index in [1.54, 1.807) is 0 Å². The fourth-order valence-electron chi connectivity index (χ4n) is 2.86. The first-order valence-corrected chi connectivity index (χ1v) is 10.8. The minimum atomic E-state index is 0. The number of aliphatic imine (C=N–C) groups is 1. The van der Waals surface area contributed by atoms with E-state index in [9.17, 15) is 0 Å². The fourth-order valence-corrected chi connectivity index (χ4v) is 3.05. The van der Waals surface area contributed by atoms with Crippen LogP contribution in [0.2, 0.25) is 0 Å². The average molecular weight is 494 g/mol. The van der Waals surface area contributed by atoms with Crippen molar-refractivity contribution in [1.29, 1.82) is 0 Å². The number of rotatable bonds is 8. The lowest BCUT2D eigenvalue weighted by Gasteiger charge is -2.20. The van der Waals surface area contributed by atoms with Crippen LogP contribution in [-0.2, 0) is 19.4 Å². The number of nitrogens with one attached hydrogen (secondary N) is 2. The predicted molar refractivity (Wildman–Crippen MR) is 123 cm³/mol. The maximum Gasteiger partial charge on any atom is 0.191 e. The second-order valence-electron chi connectivity index (χ2n) is 7.18. The first kappa shape index (κ1) is 23.5. The second kappa shape index (κ2) is 12.0. The topological polar surface area (TPSA) is 67.1 Å². The van der Waals surface area contributed by atoms with Crippen LogP contribution in [0.5, 0.6) is 0 Å². The monoisotopic (exact) mass is 494 g/mol. The summed E-state index contributed by atoms with van der Waals surface area (Å²) >= 11 is 1.85. The zero-order valence-electron chi connectivity index (χ0n) is 16.7. The number of guanidine groups is 1. The number of fused-ring (bicyclic) bond motifs is 1. The Hall–Kier alpha value is -0.510. The highest BCUT2D eigenvalue weighted by Crippen LogP contribution is 2.21. The van der Waals surface area contributed by atoms with Crippen molar-refractivity contribution in [1.82, 2.24) is 25.4 Å². The molecule has 0 aromatic carbocycles. The number of nitrogens with zero attached hydrogens (tertiary/aromatic N) is 4. The average Bonchev–Trinajstić information content (AvgIpc) is 2.83. The van der Waals surface area contributed by atoms with E-state index in [1.807, 2.05) is 11.8 Å². The quantitative estimate of drug-likeness (QED) is 0.251. The molecule has 150 valence electrons. The van der Waals surface area contributed by atoms with Gasteiger partial charge >= 0.3 is 0 Å². The van der Waals surface area contributed by atoms with Gasteiger partial charge in [-0.3, -0.25) is 4.99 Å². The molecule has 1 aromatic rings. The summed E-state index contributed by atoms with van der Waals surface area (Å²) in [5, 5.41) is 15.6. The molecule has 8 heteroatoms. The first-order valence-electron chi connectivity index (χ1n) is 9.54. The summed E-state index contributed by atoms with van der Waals surface area (Å²) in [5.74, 6) is 3.23. The van der Waals surface area contributed by atoms with Gasteiger partial charge in [-0.2, -0.15) is 11.8 Å². The highest BCUT2D eigenvalue weighted by molar-refractivity contribution is 14.0. The molecule has 0 aliphatic carbocycles. The molecule has 0 radical (unpaired) electrons. The van der Waals surface area contributed by atoms with Crippen LogP contribution in [0, 0.1) is 0 Å². The molecule has 2 N–H and O–H groups in total. The third-order valence-electron chi connectivity index (χ3n) is 4.57. The highest BCUT2D eigenvalue weighted by Gasteiger charge is 2.16. The highest BCUT2D eigenvalue weighted by atomic mass is 127. The van der Waals surface area contributed by atoms with Gasteiger partial charge in [0.05, 0.1) is 6.54 Å². The number of hydrogen-bond donors (Lipinski definition) is 2.